The zero-order chi connectivity index (χ0) is 30.1. The summed E-state index contributed by atoms with van der Waals surface area (Å²) in [4.78, 5) is 13.0. The molecular formula is C31H30ClN3O6S. The first kappa shape index (κ1) is 30.4. The SMILES string of the molecule is COc1cc(/C=N\NC(=O)CN(c2cc(Cl)ccc2OC)S(=O)(=O)c2ccc(C)cc2)ccc1OCc1ccccc1. The van der Waals surface area contributed by atoms with Crippen LogP contribution >= 0.6 is 11.6 Å². The zero-order valence-electron chi connectivity index (χ0n) is 23.3. The summed E-state index contributed by atoms with van der Waals surface area (Å²) in [5.74, 6) is 0.589. The van der Waals surface area contributed by atoms with Crippen LogP contribution in [0.3, 0.4) is 0 Å². The largest absolute Gasteiger partial charge is 0.495 e. The van der Waals surface area contributed by atoms with Crippen molar-refractivity contribution in [3.63, 3.8) is 0 Å². The number of amides is 1. The number of nitrogens with one attached hydrogen (secondary N) is 1. The molecule has 0 unspecified atom stereocenters. The van der Waals surface area contributed by atoms with Crippen molar-refractivity contribution in [1.82, 2.24) is 5.43 Å². The molecule has 9 nitrogen and oxygen atoms in total. The summed E-state index contributed by atoms with van der Waals surface area (Å²) in [6.45, 7) is 1.64. The Hall–Kier alpha value is -4.54. The lowest BCUT2D eigenvalue weighted by Crippen LogP contribution is -2.39. The maximum atomic E-state index is 13.7. The Balaban J connectivity index is 1.51. The van der Waals surface area contributed by atoms with E-state index in [-0.39, 0.29) is 21.4 Å². The molecule has 0 atom stereocenters. The van der Waals surface area contributed by atoms with Crippen LogP contribution in [0.4, 0.5) is 5.69 Å². The van der Waals surface area contributed by atoms with Gasteiger partial charge in [-0.2, -0.15) is 5.10 Å². The lowest BCUT2D eigenvalue weighted by Gasteiger charge is -2.25. The number of ether oxygens (including phenoxy) is 3. The van der Waals surface area contributed by atoms with Gasteiger partial charge in [0.15, 0.2) is 11.5 Å². The number of carbonyl (C=O) groups excluding carboxylic acids is 1. The third-order valence-electron chi connectivity index (χ3n) is 6.13. The second-order valence-corrected chi connectivity index (χ2v) is 11.4. The average Bonchev–Trinajstić information content (AvgIpc) is 2.99. The van der Waals surface area contributed by atoms with Crippen molar-refractivity contribution in [3.05, 3.63) is 113 Å². The van der Waals surface area contributed by atoms with Crippen molar-refractivity contribution in [3.8, 4) is 17.2 Å². The Labute approximate surface area is 250 Å². The van der Waals surface area contributed by atoms with Gasteiger partial charge in [0.2, 0.25) is 0 Å². The van der Waals surface area contributed by atoms with E-state index in [1.54, 1.807) is 36.4 Å². The predicted octanol–water partition coefficient (Wildman–Crippen LogP) is 5.59. The van der Waals surface area contributed by atoms with Gasteiger partial charge in [-0.15, -0.1) is 0 Å². The van der Waals surface area contributed by atoms with E-state index < -0.39 is 22.5 Å². The fourth-order valence-corrected chi connectivity index (χ4v) is 5.55. The summed E-state index contributed by atoms with van der Waals surface area (Å²) in [6.07, 6.45) is 1.42. The van der Waals surface area contributed by atoms with E-state index in [4.69, 9.17) is 25.8 Å². The second kappa shape index (κ2) is 13.9. The molecule has 0 aliphatic carbocycles. The fourth-order valence-electron chi connectivity index (χ4n) is 3.96. The molecule has 0 aromatic heterocycles. The van der Waals surface area contributed by atoms with Gasteiger partial charge in [-0.3, -0.25) is 9.10 Å². The minimum absolute atomic E-state index is 0.00750. The zero-order valence-corrected chi connectivity index (χ0v) is 24.9. The van der Waals surface area contributed by atoms with Crippen LogP contribution in [-0.2, 0) is 21.4 Å². The number of nitrogens with zero attached hydrogens (tertiary/aromatic N) is 2. The number of sulfonamides is 1. The number of hydrazone groups is 1. The van der Waals surface area contributed by atoms with Gasteiger partial charge in [0.25, 0.3) is 15.9 Å². The van der Waals surface area contributed by atoms with Crippen LogP contribution in [-0.4, -0.2) is 41.3 Å². The first-order chi connectivity index (χ1) is 20.2. The van der Waals surface area contributed by atoms with Crippen LogP contribution < -0.4 is 23.9 Å². The first-order valence-corrected chi connectivity index (χ1v) is 14.6. The van der Waals surface area contributed by atoms with Crippen molar-refractivity contribution in [1.29, 1.82) is 0 Å². The van der Waals surface area contributed by atoms with Gasteiger partial charge in [-0.25, -0.2) is 13.8 Å². The summed E-state index contributed by atoms with van der Waals surface area (Å²) in [5.41, 5.74) is 5.03. The molecule has 0 bridgehead atoms. The van der Waals surface area contributed by atoms with E-state index in [9.17, 15) is 13.2 Å². The second-order valence-electron chi connectivity index (χ2n) is 9.12. The minimum atomic E-state index is -4.18. The number of halogens is 1. The smallest absolute Gasteiger partial charge is 0.264 e. The van der Waals surface area contributed by atoms with Crippen LogP contribution in [0.1, 0.15) is 16.7 Å². The molecule has 0 saturated heterocycles. The quantitative estimate of drug-likeness (QED) is 0.166. The Morgan fingerprint density at radius 1 is 0.905 bits per heavy atom. The molecule has 11 heteroatoms. The third-order valence-corrected chi connectivity index (χ3v) is 8.14. The molecule has 1 N–H and O–H groups in total. The van der Waals surface area contributed by atoms with Gasteiger partial charge in [0.05, 0.1) is 31.0 Å². The summed E-state index contributed by atoms with van der Waals surface area (Å²) in [6, 6.07) is 25.8. The summed E-state index contributed by atoms with van der Waals surface area (Å²) in [7, 11) is -1.25. The summed E-state index contributed by atoms with van der Waals surface area (Å²) in [5, 5.41) is 4.29. The van der Waals surface area contributed by atoms with Crippen LogP contribution in [0.5, 0.6) is 17.2 Å². The number of benzene rings is 4. The Kier molecular flexibility index (Phi) is 10.1. The Morgan fingerprint density at radius 3 is 2.29 bits per heavy atom. The van der Waals surface area contributed by atoms with E-state index in [0.717, 1.165) is 15.4 Å². The average molecular weight is 608 g/mol. The molecule has 0 saturated carbocycles. The summed E-state index contributed by atoms with van der Waals surface area (Å²) >= 11 is 6.19. The predicted molar refractivity (Wildman–Crippen MR) is 163 cm³/mol. The lowest BCUT2D eigenvalue weighted by molar-refractivity contribution is -0.119. The molecule has 0 spiro atoms. The van der Waals surface area contributed by atoms with E-state index in [1.165, 1.54) is 44.7 Å². The molecule has 0 fully saturated rings. The van der Waals surface area contributed by atoms with Gasteiger partial charge < -0.3 is 14.2 Å². The highest BCUT2D eigenvalue weighted by molar-refractivity contribution is 7.92. The van der Waals surface area contributed by atoms with Crippen LogP contribution in [0, 0.1) is 6.92 Å². The van der Waals surface area contributed by atoms with Crippen molar-refractivity contribution < 1.29 is 27.4 Å². The topological polar surface area (TPSA) is 107 Å². The molecule has 218 valence electrons. The van der Waals surface area contributed by atoms with Gasteiger partial charge >= 0.3 is 0 Å². The number of aryl methyl sites for hydroxylation is 1. The van der Waals surface area contributed by atoms with Crippen LogP contribution in [0.25, 0.3) is 0 Å². The Morgan fingerprint density at radius 2 is 1.60 bits per heavy atom. The van der Waals surface area contributed by atoms with E-state index >= 15 is 0 Å². The number of hydrogen-bond acceptors (Lipinski definition) is 7. The van der Waals surface area contributed by atoms with Gasteiger partial charge in [0.1, 0.15) is 18.9 Å². The van der Waals surface area contributed by atoms with Gasteiger partial charge in [-0.05, 0) is 66.6 Å². The highest BCUT2D eigenvalue weighted by Crippen LogP contribution is 2.35. The van der Waals surface area contributed by atoms with Crippen molar-refractivity contribution in [2.24, 2.45) is 5.10 Å². The molecule has 4 aromatic carbocycles. The highest BCUT2D eigenvalue weighted by Gasteiger charge is 2.29. The number of hydrogen-bond donors (Lipinski definition) is 1. The molecule has 4 aromatic rings. The maximum absolute atomic E-state index is 13.7. The monoisotopic (exact) mass is 607 g/mol. The number of methoxy groups -OCH3 is 2. The molecule has 42 heavy (non-hydrogen) atoms. The van der Waals surface area contributed by atoms with E-state index in [2.05, 4.69) is 10.5 Å². The standard InChI is InChI=1S/C31H30ClN3O6S/c1-22-9-13-26(14-10-22)42(37,38)35(27-18-25(32)12-16-28(27)39-2)20-31(36)34-33-19-24-11-15-29(30(17-24)40-3)41-21-23-7-5-4-6-8-23/h4-19H,20-21H2,1-3H3,(H,34,36)/b33-19-. The lowest BCUT2D eigenvalue weighted by atomic mass is 10.2. The molecular weight excluding hydrogens is 578 g/mol. The van der Waals surface area contributed by atoms with E-state index in [0.29, 0.717) is 23.7 Å². The van der Waals surface area contributed by atoms with E-state index in [1.807, 2.05) is 37.3 Å². The van der Waals surface area contributed by atoms with Crippen LogP contribution in [0.2, 0.25) is 5.02 Å². The molecule has 1 amide bonds. The van der Waals surface area contributed by atoms with Crippen molar-refractivity contribution >= 4 is 39.4 Å². The minimum Gasteiger partial charge on any atom is -0.495 e. The first-order valence-electron chi connectivity index (χ1n) is 12.8. The number of anilines is 1. The molecule has 0 heterocycles. The molecule has 4 rings (SSSR count). The van der Waals surface area contributed by atoms with Crippen molar-refractivity contribution in [2.45, 2.75) is 18.4 Å². The maximum Gasteiger partial charge on any atom is 0.264 e. The summed E-state index contributed by atoms with van der Waals surface area (Å²) < 4.78 is 45.0. The highest BCUT2D eigenvalue weighted by atomic mass is 35.5. The number of rotatable bonds is 12. The number of carbonyl (C=O) groups is 1. The Bertz CT molecular complexity index is 1660. The van der Waals surface area contributed by atoms with Gasteiger partial charge in [-0.1, -0.05) is 59.6 Å². The van der Waals surface area contributed by atoms with Crippen LogP contribution in [0.15, 0.2) is 101 Å². The fraction of sp³-hybridized carbons (Fsp3) is 0.161. The molecule has 0 radical (unpaired) electrons. The molecule has 0 aliphatic rings. The van der Waals surface area contributed by atoms with Crippen molar-refractivity contribution in [2.75, 3.05) is 25.1 Å². The van der Waals surface area contributed by atoms with Gasteiger partial charge in [0, 0.05) is 5.02 Å². The normalized spacial score (nSPS) is 11.2. The third kappa shape index (κ3) is 7.59. The molecule has 0 aliphatic heterocycles.